The highest BCUT2D eigenvalue weighted by Gasteiger charge is 2.32. The molecule has 0 N–H and O–H groups in total. The molecule has 2 saturated heterocycles. The zero-order valence-corrected chi connectivity index (χ0v) is 21.2. The minimum atomic E-state index is -0.245. The first-order valence-electron chi connectivity index (χ1n) is 12.5. The van der Waals surface area contributed by atoms with Gasteiger partial charge in [-0.3, -0.25) is 14.4 Å². The van der Waals surface area contributed by atoms with Crippen LogP contribution in [-0.2, 0) is 14.3 Å². The van der Waals surface area contributed by atoms with Gasteiger partial charge in [0.15, 0.2) is 0 Å². The van der Waals surface area contributed by atoms with Gasteiger partial charge in [-0.25, -0.2) is 4.98 Å². The minimum absolute atomic E-state index is 0.0944. The van der Waals surface area contributed by atoms with Crippen molar-refractivity contribution in [3.8, 4) is 11.3 Å². The van der Waals surface area contributed by atoms with Gasteiger partial charge in [-0.15, -0.1) is 11.3 Å². The lowest BCUT2D eigenvalue weighted by Crippen LogP contribution is -2.48. The molecule has 0 aliphatic carbocycles. The van der Waals surface area contributed by atoms with Gasteiger partial charge in [0.1, 0.15) is 5.82 Å². The number of nitrogens with zero attached hydrogens (tertiary/aromatic N) is 4. The fraction of sp³-hybridized carbons (Fsp3) is 0.407. The molecule has 0 bridgehead atoms. The van der Waals surface area contributed by atoms with Crippen molar-refractivity contribution >= 4 is 45.5 Å². The van der Waals surface area contributed by atoms with E-state index in [9.17, 15) is 14.4 Å². The summed E-state index contributed by atoms with van der Waals surface area (Å²) < 4.78 is 6.48. The predicted molar refractivity (Wildman–Crippen MR) is 140 cm³/mol. The van der Waals surface area contributed by atoms with E-state index in [1.807, 2.05) is 31.2 Å². The monoisotopic (exact) mass is 506 g/mol. The Labute approximate surface area is 214 Å². The van der Waals surface area contributed by atoms with Crippen molar-refractivity contribution in [2.45, 2.75) is 19.8 Å². The number of thiophene rings is 1. The third kappa shape index (κ3) is 4.80. The molecule has 2 aliphatic heterocycles. The molecule has 2 aliphatic rings. The summed E-state index contributed by atoms with van der Waals surface area (Å²) in [5.74, 6) is 0.0768. The standard InChI is InChI=1S/C27H30N4O4S/c1-2-35-27(34)19-6-5-11-31(16-19)25-21(26(33)30-14-12-29(18-32)13-15-30)9-10-23(28-25)22-17-36-24-8-4-3-7-20(22)24/h3-4,7-10,17-19H,2,5-6,11-16H2,1H3/t19-/m1/s1. The van der Waals surface area contributed by atoms with Crippen molar-refractivity contribution in [2.75, 3.05) is 50.8 Å². The Kier molecular flexibility index (Phi) is 7.18. The van der Waals surface area contributed by atoms with E-state index in [0.29, 0.717) is 50.7 Å². The predicted octanol–water partition coefficient (Wildman–Crippen LogP) is 3.66. The number of piperazine rings is 1. The van der Waals surface area contributed by atoms with E-state index in [2.05, 4.69) is 22.4 Å². The molecule has 1 atom stereocenters. The number of ether oxygens (including phenoxy) is 1. The van der Waals surface area contributed by atoms with Crippen LogP contribution in [0.2, 0.25) is 0 Å². The number of amides is 2. The molecule has 0 radical (unpaired) electrons. The van der Waals surface area contributed by atoms with Crippen molar-refractivity contribution in [3.05, 3.63) is 47.3 Å². The Hall–Kier alpha value is -3.46. The summed E-state index contributed by atoms with van der Waals surface area (Å²) in [6, 6.07) is 12.0. The number of hydrogen-bond donors (Lipinski definition) is 0. The molecule has 0 saturated carbocycles. The molecule has 188 valence electrons. The number of carbonyl (C=O) groups is 3. The number of anilines is 1. The molecule has 1 aromatic carbocycles. The molecule has 3 aromatic rings. The van der Waals surface area contributed by atoms with Crippen LogP contribution in [0, 0.1) is 5.92 Å². The van der Waals surface area contributed by atoms with Crippen LogP contribution >= 0.6 is 11.3 Å². The third-order valence-electron chi connectivity index (χ3n) is 6.95. The topological polar surface area (TPSA) is 83.1 Å². The lowest BCUT2D eigenvalue weighted by molar-refractivity contribution is -0.148. The van der Waals surface area contributed by atoms with Gasteiger partial charge in [-0.05, 0) is 38.0 Å². The van der Waals surface area contributed by atoms with Crippen LogP contribution in [0.1, 0.15) is 30.1 Å². The largest absolute Gasteiger partial charge is 0.466 e. The van der Waals surface area contributed by atoms with Gasteiger partial charge >= 0.3 is 5.97 Å². The number of piperidine rings is 1. The SMILES string of the molecule is CCOC(=O)[C@@H]1CCCN(c2nc(-c3csc4ccccc34)ccc2C(=O)N2CCN(C=O)CC2)C1. The molecule has 8 nitrogen and oxygen atoms in total. The summed E-state index contributed by atoms with van der Waals surface area (Å²) in [6.45, 7) is 5.37. The average Bonchev–Trinajstić information content (AvgIpc) is 3.37. The van der Waals surface area contributed by atoms with E-state index in [4.69, 9.17) is 9.72 Å². The molecule has 4 heterocycles. The van der Waals surface area contributed by atoms with Crippen LogP contribution in [0.4, 0.5) is 5.82 Å². The van der Waals surface area contributed by atoms with E-state index < -0.39 is 0 Å². The number of fused-ring (bicyclic) bond motifs is 1. The van der Waals surface area contributed by atoms with Crippen LogP contribution < -0.4 is 4.90 Å². The van der Waals surface area contributed by atoms with Crippen molar-refractivity contribution in [2.24, 2.45) is 5.92 Å². The van der Waals surface area contributed by atoms with Crippen LogP contribution in [0.15, 0.2) is 41.8 Å². The lowest BCUT2D eigenvalue weighted by Gasteiger charge is -2.36. The first kappa shape index (κ1) is 24.2. The zero-order chi connectivity index (χ0) is 25.1. The van der Waals surface area contributed by atoms with E-state index in [1.54, 1.807) is 21.1 Å². The number of rotatable bonds is 6. The van der Waals surface area contributed by atoms with Crippen molar-refractivity contribution in [3.63, 3.8) is 0 Å². The molecular weight excluding hydrogens is 476 g/mol. The maximum atomic E-state index is 13.6. The van der Waals surface area contributed by atoms with Crippen LogP contribution in [-0.4, -0.2) is 78.9 Å². The molecular formula is C27H30N4O4S. The third-order valence-corrected chi connectivity index (χ3v) is 7.92. The van der Waals surface area contributed by atoms with Gasteiger partial charge in [0.05, 0.1) is 23.8 Å². The van der Waals surface area contributed by atoms with Gasteiger partial charge in [-0.2, -0.15) is 0 Å². The number of esters is 1. The molecule has 2 amide bonds. The van der Waals surface area contributed by atoms with Gasteiger partial charge in [0.25, 0.3) is 5.91 Å². The Morgan fingerprint density at radius 3 is 2.69 bits per heavy atom. The average molecular weight is 507 g/mol. The highest BCUT2D eigenvalue weighted by molar-refractivity contribution is 7.17. The van der Waals surface area contributed by atoms with Gasteiger partial charge in [0.2, 0.25) is 6.41 Å². The van der Waals surface area contributed by atoms with Crippen LogP contribution in [0.25, 0.3) is 21.3 Å². The second-order valence-electron chi connectivity index (χ2n) is 9.18. The van der Waals surface area contributed by atoms with Gasteiger partial charge < -0.3 is 19.4 Å². The number of hydrogen-bond acceptors (Lipinski definition) is 7. The van der Waals surface area contributed by atoms with Crippen molar-refractivity contribution in [1.82, 2.24) is 14.8 Å². The van der Waals surface area contributed by atoms with E-state index in [1.165, 1.54) is 4.70 Å². The summed E-state index contributed by atoms with van der Waals surface area (Å²) in [4.78, 5) is 47.9. The number of aromatic nitrogens is 1. The molecule has 2 aromatic heterocycles. The minimum Gasteiger partial charge on any atom is -0.466 e. The summed E-state index contributed by atoms with van der Waals surface area (Å²) in [7, 11) is 0. The highest BCUT2D eigenvalue weighted by atomic mass is 32.1. The Morgan fingerprint density at radius 1 is 1.11 bits per heavy atom. The Morgan fingerprint density at radius 2 is 1.92 bits per heavy atom. The Balaban J connectivity index is 1.51. The Bertz CT molecular complexity index is 1270. The first-order valence-corrected chi connectivity index (χ1v) is 13.3. The quantitative estimate of drug-likeness (QED) is 0.375. The van der Waals surface area contributed by atoms with Crippen molar-refractivity contribution in [1.29, 1.82) is 0 Å². The van der Waals surface area contributed by atoms with E-state index >= 15 is 0 Å². The van der Waals surface area contributed by atoms with Gasteiger partial charge in [-0.1, -0.05) is 18.2 Å². The maximum Gasteiger partial charge on any atom is 0.310 e. The fourth-order valence-corrected chi connectivity index (χ4v) is 5.96. The van der Waals surface area contributed by atoms with Crippen molar-refractivity contribution < 1.29 is 19.1 Å². The number of benzene rings is 1. The summed E-state index contributed by atoms with van der Waals surface area (Å²) in [6.07, 6.45) is 2.42. The molecule has 9 heteroatoms. The summed E-state index contributed by atoms with van der Waals surface area (Å²) >= 11 is 1.67. The zero-order valence-electron chi connectivity index (χ0n) is 20.4. The second kappa shape index (κ2) is 10.7. The van der Waals surface area contributed by atoms with Crippen LogP contribution in [0.3, 0.4) is 0 Å². The lowest BCUT2D eigenvalue weighted by atomic mass is 9.97. The number of pyridine rings is 1. The molecule has 36 heavy (non-hydrogen) atoms. The van der Waals surface area contributed by atoms with E-state index in [-0.39, 0.29) is 17.8 Å². The molecule has 0 spiro atoms. The first-order chi connectivity index (χ1) is 17.6. The summed E-state index contributed by atoms with van der Waals surface area (Å²) in [5, 5.41) is 3.24. The van der Waals surface area contributed by atoms with Gasteiger partial charge in [0, 0.05) is 60.3 Å². The fourth-order valence-electron chi connectivity index (χ4n) is 5.01. The maximum absolute atomic E-state index is 13.6. The highest BCUT2D eigenvalue weighted by Crippen LogP contribution is 2.35. The second-order valence-corrected chi connectivity index (χ2v) is 10.1. The number of carbonyl (C=O) groups excluding carboxylic acids is 3. The normalized spacial score (nSPS) is 18.4. The molecule has 5 rings (SSSR count). The summed E-state index contributed by atoms with van der Waals surface area (Å²) in [5.41, 5.74) is 2.37. The molecule has 0 unspecified atom stereocenters. The van der Waals surface area contributed by atoms with Crippen LogP contribution in [0.5, 0.6) is 0 Å². The molecule has 2 fully saturated rings. The van der Waals surface area contributed by atoms with E-state index in [0.717, 1.165) is 42.4 Å². The smallest absolute Gasteiger partial charge is 0.310 e.